The van der Waals surface area contributed by atoms with Gasteiger partial charge in [-0.3, -0.25) is 9.20 Å². The first-order valence-electron chi connectivity index (χ1n) is 6.18. The Labute approximate surface area is 111 Å². The highest BCUT2D eigenvalue weighted by molar-refractivity contribution is 5.75. The molecule has 0 amide bonds. The highest BCUT2D eigenvalue weighted by atomic mass is 16.1. The molecule has 0 bridgehead atoms. The largest absolute Gasteiger partial charge is 0.297 e. The number of rotatable bonds is 2. The van der Waals surface area contributed by atoms with Gasteiger partial charge in [-0.15, -0.1) is 0 Å². The summed E-state index contributed by atoms with van der Waals surface area (Å²) in [7, 11) is 0. The van der Waals surface area contributed by atoms with Crippen molar-refractivity contribution in [2.45, 2.75) is 13.8 Å². The lowest BCUT2D eigenvalue weighted by molar-refractivity contribution is 0.111. The number of hydrogen-bond acceptors (Lipinski definition) is 2. The van der Waals surface area contributed by atoms with Crippen LogP contribution in [0.4, 0.5) is 0 Å². The molecule has 1 aromatic carbocycles. The first-order chi connectivity index (χ1) is 9.17. The van der Waals surface area contributed by atoms with Gasteiger partial charge in [-0.2, -0.15) is 0 Å². The first-order valence-corrected chi connectivity index (χ1v) is 6.18. The number of carbonyl (C=O) groups is 1. The third-order valence-electron chi connectivity index (χ3n) is 3.21. The predicted octanol–water partition coefficient (Wildman–Crippen LogP) is 3.43. The fourth-order valence-electron chi connectivity index (χ4n) is 2.40. The van der Waals surface area contributed by atoms with Gasteiger partial charge in [-0.25, -0.2) is 4.98 Å². The first kappa shape index (κ1) is 11.7. The van der Waals surface area contributed by atoms with Crippen molar-refractivity contribution in [3.05, 3.63) is 59.5 Å². The van der Waals surface area contributed by atoms with Gasteiger partial charge < -0.3 is 0 Å². The fourth-order valence-corrected chi connectivity index (χ4v) is 2.40. The van der Waals surface area contributed by atoms with Crippen LogP contribution in [-0.2, 0) is 0 Å². The van der Waals surface area contributed by atoms with E-state index >= 15 is 0 Å². The van der Waals surface area contributed by atoms with Gasteiger partial charge in [0.2, 0.25) is 0 Å². The van der Waals surface area contributed by atoms with Crippen LogP contribution in [0.3, 0.4) is 0 Å². The third-order valence-corrected chi connectivity index (χ3v) is 3.21. The van der Waals surface area contributed by atoms with E-state index in [9.17, 15) is 4.79 Å². The smallest absolute Gasteiger partial charge is 0.168 e. The second kappa shape index (κ2) is 4.35. The zero-order valence-electron chi connectivity index (χ0n) is 10.9. The maximum absolute atomic E-state index is 11.0. The predicted molar refractivity (Wildman–Crippen MR) is 75.5 cm³/mol. The molecule has 0 saturated carbocycles. The normalized spacial score (nSPS) is 10.8. The van der Waals surface area contributed by atoms with E-state index in [0.717, 1.165) is 23.1 Å². The molecule has 2 heterocycles. The Kier molecular flexibility index (Phi) is 2.67. The minimum atomic E-state index is 0.571. The van der Waals surface area contributed by atoms with E-state index in [1.807, 2.05) is 22.7 Å². The summed E-state index contributed by atoms with van der Waals surface area (Å²) in [6.07, 6.45) is 4.37. The van der Waals surface area contributed by atoms with Crippen molar-refractivity contribution in [1.29, 1.82) is 0 Å². The van der Waals surface area contributed by atoms with Crippen molar-refractivity contribution in [1.82, 2.24) is 9.38 Å². The number of benzene rings is 1. The molecule has 3 nitrogen and oxygen atoms in total. The van der Waals surface area contributed by atoms with Gasteiger partial charge in [-0.1, -0.05) is 29.3 Å². The van der Waals surface area contributed by atoms with Gasteiger partial charge in [0, 0.05) is 6.20 Å². The summed E-state index contributed by atoms with van der Waals surface area (Å²) in [6.45, 7) is 4.17. The van der Waals surface area contributed by atoms with Crippen molar-refractivity contribution in [2.75, 3.05) is 0 Å². The molecule has 94 valence electrons. The van der Waals surface area contributed by atoms with Crippen LogP contribution in [0.15, 0.2) is 42.7 Å². The summed E-state index contributed by atoms with van der Waals surface area (Å²) >= 11 is 0. The van der Waals surface area contributed by atoms with E-state index in [1.54, 1.807) is 6.20 Å². The molecule has 2 aromatic heterocycles. The molecule has 3 rings (SSSR count). The summed E-state index contributed by atoms with van der Waals surface area (Å²) < 4.78 is 1.82. The van der Waals surface area contributed by atoms with Gasteiger partial charge in [-0.05, 0) is 37.1 Å². The number of pyridine rings is 1. The maximum atomic E-state index is 11.0. The Hall–Kier alpha value is -2.42. The summed E-state index contributed by atoms with van der Waals surface area (Å²) in [5, 5.41) is 0. The Balaban J connectivity index is 2.21. The molecule has 0 atom stereocenters. The fraction of sp³-hybridized carbons (Fsp3) is 0.125. The number of carbonyl (C=O) groups excluding carboxylic acids is 1. The lowest BCUT2D eigenvalue weighted by Gasteiger charge is -2.06. The van der Waals surface area contributed by atoms with Gasteiger partial charge in [0.05, 0.1) is 6.20 Å². The second-order valence-electron chi connectivity index (χ2n) is 4.82. The van der Waals surface area contributed by atoms with Crippen molar-refractivity contribution < 1.29 is 4.79 Å². The minimum Gasteiger partial charge on any atom is -0.297 e. The third kappa shape index (κ3) is 2.03. The molecule has 0 saturated heterocycles. The summed E-state index contributed by atoms with van der Waals surface area (Å²) in [6, 6.07) is 10.4. The molecule has 3 heteroatoms. The van der Waals surface area contributed by atoms with Crippen LogP contribution < -0.4 is 0 Å². The van der Waals surface area contributed by atoms with E-state index in [4.69, 9.17) is 0 Å². The molecule has 0 aliphatic carbocycles. The molecule has 0 fully saturated rings. The van der Waals surface area contributed by atoms with E-state index in [1.165, 1.54) is 11.1 Å². The zero-order valence-corrected chi connectivity index (χ0v) is 10.9. The quantitative estimate of drug-likeness (QED) is 0.653. The van der Waals surface area contributed by atoms with Crippen LogP contribution >= 0.6 is 0 Å². The van der Waals surface area contributed by atoms with Gasteiger partial charge in [0.15, 0.2) is 6.29 Å². The van der Waals surface area contributed by atoms with E-state index in [0.29, 0.717) is 5.69 Å². The molecule has 0 unspecified atom stereocenters. The van der Waals surface area contributed by atoms with Gasteiger partial charge in [0.1, 0.15) is 11.3 Å². The van der Waals surface area contributed by atoms with Crippen LogP contribution in [-0.4, -0.2) is 15.7 Å². The minimum absolute atomic E-state index is 0.571. The standard InChI is InChI=1S/C16H14N2O/c1-11-5-12(2)7-14(6-11)13-3-4-16-17-8-15(10-19)18(16)9-13/h3-10H,1-2H3. The molecule has 0 radical (unpaired) electrons. The maximum Gasteiger partial charge on any atom is 0.168 e. The molecule has 19 heavy (non-hydrogen) atoms. The molecule has 3 aromatic rings. The lowest BCUT2D eigenvalue weighted by atomic mass is 10.0. The molecule has 0 N–H and O–H groups in total. The summed E-state index contributed by atoms with van der Waals surface area (Å²) in [5.41, 5.74) is 6.06. The molecule has 0 aliphatic heterocycles. The lowest BCUT2D eigenvalue weighted by Crippen LogP contribution is -1.92. The van der Waals surface area contributed by atoms with Gasteiger partial charge >= 0.3 is 0 Å². The van der Waals surface area contributed by atoms with Crippen LogP contribution in [0, 0.1) is 13.8 Å². The number of aromatic nitrogens is 2. The van der Waals surface area contributed by atoms with Crippen LogP contribution in [0.5, 0.6) is 0 Å². The van der Waals surface area contributed by atoms with Crippen molar-refractivity contribution in [3.63, 3.8) is 0 Å². The average molecular weight is 250 g/mol. The number of nitrogens with zero attached hydrogens (tertiary/aromatic N) is 2. The zero-order chi connectivity index (χ0) is 13.4. The monoisotopic (exact) mass is 250 g/mol. The Morgan fingerprint density at radius 1 is 1.05 bits per heavy atom. The van der Waals surface area contributed by atoms with E-state index < -0.39 is 0 Å². The molecule has 0 spiro atoms. The van der Waals surface area contributed by atoms with Crippen LogP contribution in [0.2, 0.25) is 0 Å². The van der Waals surface area contributed by atoms with Crippen molar-refractivity contribution in [3.8, 4) is 11.1 Å². The van der Waals surface area contributed by atoms with E-state index in [2.05, 4.69) is 37.0 Å². The average Bonchev–Trinajstić information content (AvgIpc) is 2.79. The van der Waals surface area contributed by atoms with Gasteiger partial charge in [0.25, 0.3) is 0 Å². The number of aryl methyl sites for hydroxylation is 2. The Morgan fingerprint density at radius 2 is 1.79 bits per heavy atom. The Morgan fingerprint density at radius 3 is 2.47 bits per heavy atom. The summed E-state index contributed by atoms with van der Waals surface area (Å²) in [4.78, 5) is 15.2. The molecule has 0 aliphatic rings. The second-order valence-corrected chi connectivity index (χ2v) is 4.82. The number of imidazole rings is 1. The SMILES string of the molecule is Cc1cc(C)cc(-c2ccc3ncc(C=O)n3c2)c1. The highest BCUT2D eigenvalue weighted by Crippen LogP contribution is 2.23. The summed E-state index contributed by atoms with van der Waals surface area (Å²) in [5.74, 6) is 0. The number of aldehydes is 1. The van der Waals surface area contributed by atoms with Crippen LogP contribution in [0.25, 0.3) is 16.8 Å². The Bertz CT molecular complexity index is 751. The van der Waals surface area contributed by atoms with Crippen molar-refractivity contribution >= 4 is 11.9 Å². The number of fused-ring (bicyclic) bond motifs is 1. The molecular formula is C16H14N2O. The number of hydrogen-bond donors (Lipinski definition) is 0. The van der Waals surface area contributed by atoms with Crippen molar-refractivity contribution in [2.24, 2.45) is 0 Å². The van der Waals surface area contributed by atoms with Crippen LogP contribution in [0.1, 0.15) is 21.6 Å². The topological polar surface area (TPSA) is 34.4 Å². The van der Waals surface area contributed by atoms with E-state index in [-0.39, 0.29) is 0 Å². The highest BCUT2D eigenvalue weighted by Gasteiger charge is 2.05. The molecular weight excluding hydrogens is 236 g/mol.